The Hall–Kier alpha value is -2.60. The third-order valence-corrected chi connectivity index (χ3v) is 4.10. The largest absolute Gasteiger partial charge is 0.355 e. The van der Waals surface area contributed by atoms with Gasteiger partial charge < -0.3 is 10.6 Å². The smallest absolute Gasteiger partial charge is 0.253 e. The van der Waals surface area contributed by atoms with Crippen molar-refractivity contribution in [2.24, 2.45) is 5.92 Å². The average molecular weight is 375 g/mol. The molecule has 0 spiro atoms. The SMILES string of the molecule is CNC(=O)c1ccccc1NC(=O)/C=C/c1c(C)nn(CC(C)C)c1Cl. The number of aromatic nitrogens is 2. The highest BCUT2D eigenvalue weighted by atomic mass is 35.5. The zero-order chi connectivity index (χ0) is 19.3. The van der Waals surface area contributed by atoms with E-state index in [9.17, 15) is 9.59 Å². The Bertz CT molecular complexity index is 840. The first-order chi connectivity index (χ1) is 12.3. The van der Waals surface area contributed by atoms with Crippen LogP contribution in [0.3, 0.4) is 0 Å². The van der Waals surface area contributed by atoms with E-state index < -0.39 is 0 Å². The fraction of sp³-hybridized carbons (Fsp3) is 0.316. The van der Waals surface area contributed by atoms with Crippen molar-refractivity contribution in [1.82, 2.24) is 15.1 Å². The van der Waals surface area contributed by atoms with Crippen LogP contribution in [0.1, 0.15) is 35.5 Å². The quantitative estimate of drug-likeness (QED) is 0.759. The van der Waals surface area contributed by atoms with Crippen LogP contribution >= 0.6 is 11.6 Å². The van der Waals surface area contributed by atoms with Gasteiger partial charge in [0, 0.05) is 25.2 Å². The van der Waals surface area contributed by atoms with Crippen molar-refractivity contribution < 1.29 is 9.59 Å². The minimum Gasteiger partial charge on any atom is -0.355 e. The van der Waals surface area contributed by atoms with E-state index in [0.717, 1.165) is 5.69 Å². The lowest BCUT2D eigenvalue weighted by Gasteiger charge is -2.08. The maximum atomic E-state index is 12.3. The molecule has 2 rings (SSSR count). The Balaban J connectivity index is 2.17. The number of carbonyl (C=O) groups is 2. The van der Waals surface area contributed by atoms with E-state index in [1.165, 1.54) is 6.08 Å². The fourth-order valence-electron chi connectivity index (χ4n) is 2.48. The second kappa shape index (κ2) is 8.67. The van der Waals surface area contributed by atoms with Crippen molar-refractivity contribution in [3.63, 3.8) is 0 Å². The second-order valence-electron chi connectivity index (χ2n) is 6.31. The van der Waals surface area contributed by atoms with Crippen LogP contribution in [-0.2, 0) is 11.3 Å². The number of aryl methyl sites for hydroxylation is 1. The van der Waals surface area contributed by atoms with Crippen LogP contribution in [0.25, 0.3) is 6.08 Å². The van der Waals surface area contributed by atoms with Crippen molar-refractivity contribution in [2.75, 3.05) is 12.4 Å². The summed E-state index contributed by atoms with van der Waals surface area (Å²) in [6.07, 6.45) is 3.02. The Morgan fingerprint density at radius 1 is 1.31 bits per heavy atom. The Morgan fingerprint density at radius 2 is 2.00 bits per heavy atom. The first kappa shape index (κ1) is 19.7. The molecule has 0 saturated carbocycles. The van der Waals surface area contributed by atoms with Gasteiger partial charge in [0.2, 0.25) is 5.91 Å². The molecule has 1 aromatic heterocycles. The van der Waals surface area contributed by atoms with Crippen molar-refractivity contribution >= 4 is 35.2 Å². The molecule has 0 radical (unpaired) electrons. The van der Waals surface area contributed by atoms with Gasteiger partial charge in [0.05, 0.1) is 16.9 Å². The average Bonchev–Trinajstić information content (AvgIpc) is 2.85. The molecule has 1 aromatic carbocycles. The van der Waals surface area contributed by atoms with E-state index in [4.69, 9.17) is 11.6 Å². The van der Waals surface area contributed by atoms with E-state index >= 15 is 0 Å². The summed E-state index contributed by atoms with van der Waals surface area (Å²) in [5.41, 5.74) is 2.31. The van der Waals surface area contributed by atoms with Crippen molar-refractivity contribution in [3.8, 4) is 0 Å². The van der Waals surface area contributed by atoms with Gasteiger partial charge in [-0.2, -0.15) is 5.10 Å². The molecule has 0 unspecified atom stereocenters. The van der Waals surface area contributed by atoms with Crippen LogP contribution < -0.4 is 10.6 Å². The van der Waals surface area contributed by atoms with Gasteiger partial charge in [-0.1, -0.05) is 37.6 Å². The number of benzene rings is 1. The molecule has 7 heteroatoms. The number of hydrogen-bond donors (Lipinski definition) is 2. The normalized spacial score (nSPS) is 11.2. The minimum atomic E-state index is -0.353. The zero-order valence-corrected chi connectivity index (χ0v) is 16.1. The number of carbonyl (C=O) groups excluding carboxylic acids is 2. The van der Waals surface area contributed by atoms with Crippen LogP contribution in [0.15, 0.2) is 30.3 Å². The topological polar surface area (TPSA) is 76.0 Å². The summed E-state index contributed by atoms with van der Waals surface area (Å²) in [7, 11) is 1.54. The van der Waals surface area contributed by atoms with Crippen LogP contribution in [-0.4, -0.2) is 28.6 Å². The minimum absolute atomic E-state index is 0.265. The number of para-hydroxylation sites is 1. The summed E-state index contributed by atoms with van der Waals surface area (Å²) < 4.78 is 1.74. The van der Waals surface area contributed by atoms with Crippen LogP contribution in [0.2, 0.25) is 5.15 Å². The van der Waals surface area contributed by atoms with Gasteiger partial charge in [-0.3, -0.25) is 14.3 Å². The number of nitrogens with zero attached hydrogens (tertiary/aromatic N) is 2. The molecule has 0 aliphatic rings. The van der Waals surface area contributed by atoms with E-state index in [-0.39, 0.29) is 11.8 Å². The predicted octanol–water partition coefficient (Wildman–Crippen LogP) is 3.51. The number of nitrogens with one attached hydrogen (secondary N) is 2. The molecule has 138 valence electrons. The molecule has 0 saturated heterocycles. The van der Waals surface area contributed by atoms with Crippen LogP contribution in [0.5, 0.6) is 0 Å². The molecule has 2 amide bonds. The van der Waals surface area contributed by atoms with Crippen LogP contribution in [0.4, 0.5) is 5.69 Å². The maximum absolute atomic E-state index is 12.3. The number of rotatable bonds is 6. The predicted molar refractivity (Wildman–Crippen MR) is 104 cm³/mol. The standard InChI is InChI=1S/C19H23ClN4O2/c1-12(2)11-24-18(20)14(13(3)23-24)9-10-17(25)22-16-8-6-5-7-15(16)19(26)21-4/h5-10,12H,11H2,1-4H3,(H,21,26)(H,22,25)/b10-9+. The highest BCUT2D eigenvalue weighted by Gasteiger charge is 2.13. The molecule has 2 N–H and O–H groups in total. The number of halogens is 1. The summed E-state index contributed by atoms with van der Waals surface area (Å²) in [6.45, 7) is 6.72. The molecule has 6 nitrogen and oxygen atoms in total. The summed E-state index contributed by atoms with van der Waals surface area (Å²) in [5.74, 6) is -0.208. The lowest BCUT2D eigenvalue weighted by molar-refractivity contribution is -0.111. The van der Waals surface area contributed by atoms with E-state index in [1.807, 2.05) is 6.92 Å². The van der Waals surface area contributed by atoms with E-state index in [0.29, 0.717) is 34.4 Å². The Kier molecular flexibility index (Phi) is 6.58. The number of anilines is 1. The summed E-state index contributed by atoms with van der Waals surface area (Å²) >= 11 is 6.37. The molecule has 26 heavy (non-hydrogen) atoms. The highest BCUT2D eigenvalue weighted by Crippen LogP contribution is 2.22. The first-order valence-corrected chi connectivity index (χ1v) is 8.74. The van der Waals surface area contributed by atoms with Crippen molar-refractivity contribution in [3.05, 3.63) is 52.3 Å². The van der Waals surface area contributed by atoms with Gasteiger partial charge in [0.25, 0.3) is 5.91 Å². The molecular weight excluding hydrogens is 352 g/mol. The van der Waals surface area contributed by atoms with Gasteiger partial charge in [-0.25, -0.2) is 0 Å². The summed E-state index contributed by atoms with van der Waals surface area (Å²) in [4.78, 5) is 24.1. The molecule has 0 bridgehead atoms. The molecule has 0 aliphatic heterocycles. The molecular formula is C19H23ClN4O2. The van der Waals surface area contributed by atoms with Gasteiger partial charge >= 0.3 is 0 Å². The Morgan fingerprint density at radius 3 is 2.65 bits per heavy atom. The summed E-state index contributed by atoms with van der Waals surface area (Å²) in [5, 5.41) is 10.2. The highest BCUT2D eigenvalue weighted by molar-refractivity contribution is 6.31. The fourth-order valence-corrected chi connectivity index (χ4v) is 2.79. The molecule has 0 atom stereocenters. The lowest BCUT2D eigenvalue weighted by atomic mass is 10.1. The third kappa shape index (κ3) is 4.73. The van der Waals surface area contributed by atoms with Crippen molar-refractivity contribution in [1.29, 1.82) is 0 Å². The number of hydrogen-bond acceptors (Lipinski definition) is 3. The summed E-state index contributed by atoms with van der Waals surface area (Å²) in [6, 6.07) is 6.81. The molecule has 1 heterocycles. The molecule has 0 fully saturated rings. The monoisotopic (exact) mass is 374 g/mol. The van der Waals surface area contributed by atoms with Gasteiger partial charge in [0.15, 0.2) is 0 Å². The van der Waals surface area contributed by atoms with Crippen LogP contribution in [0, 0.1) is 12.8 Å². The lowest BCUT2D eigenvalue weighted by Crippen LogP contribution is -2.20. The second-order valence-corrected chi connectivity index (χ2v) is 6.67. The van der Waals surface area contributed by atoms with E-state index in [1.54, 1.807) is 42.1 Å². The zero-order valence-electron chi connectivity index (χ0n) is 15.3. The van der Waals surface area contributed by atoms with Gasteiger partial charge in [0.1, 0.15) is 5.15 Å². The van der Waals surface area contributed by atoms with Gasteiger partial charge in [-0.15, -0.1) is 0 Å². The maximum Gasteiger partial charge on any atom is 0.253 e. The number of amides is 2. The van der Waals surface area contributed by atoms with Gasteiger partial charge in [-0.05, 0) is 31.1 Å². The first-order valence-electron chi connectivity index (χ1n) is 8.36. The van der Waals surface area contributed by atoms with Crippen molar-refractivity contribution in [2.45, 2.75) is 27.3 Å². The third-order valence-electron chi connectivity index (χ3n) is 3.71. The molecule has 0 aliphatic carbocycles. The van der Waals surface area contributed by atoms with E-state index in [2.05, 4.69) is 29.6 Å². The Labute approximate surface area is 158 Å². The molecule has 2 aromatic rings.